The van der Waals surface area contributed by atoms with Crippen LogP contribution in [-0.4, -0.2) is 21.9 Å². The number of pyridine rings is 1. The molecular formula is C12H9N3O6. The smallest absolute Gasteiger partial charge is 0.315 e. The summed E-state index contributed by atoms with van der Waals surface area (Å²) in [4.78, 5) is 24.0. The molecule has 2 aromatic rings. The van der Waals surface area contributed by atoms with Gasteiger partial charge in [-0.25, -0.2) is 4.98 Å². The molecule has 0 N–H and O–H groups in total. The minimum atomic E-state index is -0.622. The van der Waals surface area contributed by atoms with Crippen LogP contribution in [0.3, 0.4) is 0 Å². The van der Waals surface area contributed by atoms with Crippen LogP contribution < -0.4 is 9.47 Å². The maximum Gasteiger partial charge on any atom is 0.315 e. The highest BCUT2D eigenvalue weighted by Gasteiger charge is 2.18. The fourth-order valence-electron chi connectivity index (χ4n) is 1.51. The number of rotatable bonds is 5. The van der Waals surface area contributed by atoms with Crippen LogP contribution in [0.15, 0.2) is 36.5 Å². The molecule has 0 unspecified atom stereocenters. The highest BCUT2D eigenvalue weighted by molar-refractivity contribution is 5.52. The van der Waals surface area contributed by atoms with Crippen LogP contribution in [0.4, 0.5) is 11.4 Å². The van der Waals surface area contributed by atoms with E-state index in [-0.39, 0.29) is 23.0 Å². The van der Waals surface area contributed by atoms with Gasteiger partial charge in [-0.3, -0.25) is 20.2 Å². The van der Waals surface area contributed by atoms with Gasteiger partial charge < -0.3 is 9.47 Å². The van der Waals surface area contributed by atoms with Gasteiger partial charge in [0.2, 0.25) is 11.6 Å². The third kappa shape index (κ3) is 3.21. The average molecular weight is 291 g/mol. The normalized spacial score (nSPS) is 9.95. The van der Waals surface area contributed by atoms with Crippen molar-refractivity contribution in [3.8, 4) is 17.4 Å². The highest BCUT2D eigenvalue weighted by atomic mass is 16.6. The van der Waals surface area contributed by atoms with Gasteiger partial charge in [-0.05, 0) is 12.1 Å². The van der Waals surface area contributed by atoms with Gasteiger partial charge in [-0.1, -0.05) is 0 Å². The summed E-state index contributed by atoms with van der Waals surface area (Å²) in [5.74, 6) is 0.279. The zero-order chi connectivity index (χ0) is 15.4. The molecule has 9 heteroatoms. The number of hydrogen-bond acceptors (Lipinski definition) is 7. The topological polar surface area (TPSA) is 118 Å². The van der Waals surface area contributed by atoms with Gasteiger partial charge in [-0.2, -0.15) is 0 Å². The Balaban J connectivity index is 2.30. The molecule has 108 valence electrons. The van der Waals surface area contributed by atoms with E-state index in [0.29, 0.717) is 5.75 Å². The Kier molecular flexibility index (Phi) is 3.93. The van der Waals surface area contributed by atoms with Gasteiger partial charge in [0.05, 0.1) is 23.0 Å². The van der Waals surface area contributed by atoms with Crippen LogP contribution in [0.2, 0.25) is 0 Å². The monoisotopic (exact) mass is 291 g/mol. The van der Waals surface area contributed by atoms with Gasteiger partial charge in [0.15, 0.2) is 0 Å². The Morgan fingerprint density at radius 3 is 2.38 bits per heavy atom. The Morgan fingerprint density at radius 1 is 1.10 bits per heavy atom. The van der Waals surface area contributed by atoms with Crippen molar-refractivity contribution in [3.05, 3.63) is 56.8 Å². The van der Waals surface area contributed by atoms with Crippen molar-refractivity contribution in [2.24, 2.45) is 0 Å². The lowest BCUT2D eigenvalue weighted by molar-refractivity contribution is -0.385. The maximum absolute atomic E-state index is 11.0. The summed E-state index contributed by atoms with van der Waals surface area (Å²) in [5.41, 5.74) is -0.499. The molecule has 1 aromatic carbocycles. The number of aromatic nitrogens is 1. The molecule has 0 saturated heterocycles. The molecule has 21 heavy (non-hydrogen) atoms. The third-order valence-electron chi connectivity index (χ3n) is 2.51. The van der Waals surface area contributed by atoms with E-state index in [1.807, 2.05) is 0 Å². The molecule has 1 aromatic heterocycles. The molecule has 0 spiro atoms. The lowest BCUT2D eigenvalue weighted by atomic mass is 10.3. The summed E-state index contributed by atoms with van der Waals surface area (Å²) in [6.45, 7) is 0. The maximum atomic E-state index is 11.0. The quantitative estimate of drug-likeness (QED) is 0.613. The number of nitrogens with zero attached hydrogens (tertiary/aromatic N) is 3. The van der Waals surface area contributed by atoms with E-state index in [0.717, 1.165) is 6.20 Å². The summed E-state index contributed by atoms with van der Waals surface area (Å²) in [6.07, 6.45) is 1.00. The predicted octanol–water partition coefficient (Wildman–Crippen LogP) is 2.70. The standard InChI is InChI=1S/C12H9N3O6/c1-20-9-3-4-11(10(6-9)15(18)19)21-12-5-2-8(7-13-12)14(16)17/h2-7H,1H3. The second kappa shape index (κ2) is 5.82. The minimum absolute atomic E-state index is 0.00821. The van der Waals surface area contributed by atoms with Gasteiger partial charge >= 0.3 is 5.69 Å². The number of ether oxygens (including phenoxy) is 2. The molecule has 0 atom stereocenters. The first-order valence-electron chi connectivity index (χ1n) is 5.62. The number of nitro benzene ring substituents is 1. The van der Waals surface area contributed by atoms with E-state index in [9.17, 15) is 20.2 Å². The lowest BCUT2D eigenvalue weighted by Gasteiger charge is -2.06. The van der Waals surface area contributed by atoms with E-state index in [2.05, 4.69) is 4.98 Å². The zero-order valence-electron chi connectivity index (χ0n) is 10.8. The van der Waals surface area contributed by atoms with E-state index >= 15 is 0 Å². The Morgan fingerprint density at radius 2 is 1.86 bits per heavy atom. The van der Waals surface area contributed by atoms with Gasteiger partial charge in [0, 0.05) is 12.1 Å². The second-order valence-electron chi connectivity index (χ2n) is 3.80. The average Bonchev–Trinajstić information content (AvgIpc) is 2.48. The summed E-state index contributed by atoms with van der Waals surface area (Å²) < 4.78 is 10.2. The number of benzene rings is 1. The molecule has 0 bridgehead atoms. The fourth-order valence-corrected chi connectivity index (χ4v) is 1.51. The number of methoxy groups -OCH3 is 1. The molecule has 0 radical (unpaired) electrons. The van der Waals surface area contributed by atoms with Crippen LogP contribution >= 0.6 is 0 Å². The molecule has 0 aliphatic carbocycles. The summed E-state index contributed by atoms with van der Waals surface area (Å²) in [6, 6.07) is 6.51. The largest absolute Gasteiger partial charge is 0.496 e. The van der Waals surface area contributed by atoms with Crippen molar-refractivity contribution in [2.75, 3.05) is 7.11 Å². The summed E-state index contributed by atoms with van der Waals surface area (Å²) in [7, 11) is 1.39. The number of hydrogen-bond donors (Lipinski definition) is 0. The second-order valence-corrected chi connectivity index (χ2v) is 3.80. The van der Waals surface area contributed by atoms with Crippen molar-refractivity contribution >= 4 is 11.4 Å². The van der Waals surface area contributed by atoms with Crippen molar-refractivity contribution in [3.63, 3.8) is 0 Å². The molecular weight excluding hydrogens is 282 g/mol. The first-order valence-corrected chi connectivity index (χ1v) is 5.62. The Bertz CT molecular complexity index is 686. The van der Waals surface area contributed by atoms with Crippen LogP contribution in [0.25, 0.3) is 0 Å². The van der Waals surface area contributed by atoms with E-state index in [1.165, 1.54) is 37.4 Å². The number of nitro groups is 2. The van der Waals surface area contributed by atoms with Crippen LogP contribution in [0, 0.1) is 20.2 Å². The fraction of sp³-hybridized carbons (Fsp3) is 0.0833. The third-order valence-corrected chi connectivity index (χ3v) is 2.51. The van der Waals surface area contributed by atoms with E-state index in [1.54, 1.807) is 0 Å². The molecule has 0 fully saturated rings. The molecule has 1 heterocycles. The lowest BCUT2D eigenvalue weighted by Crippen LogP contribution is -1.96. The first kappa shape index (κ1) is 14.2. The Labute approximate surface area is 118 Å². The van der Waals surface area contributed by atoms with Crippen LogP contribution in [-0.2, 0) is 0 Å². The van der Waals surface area contributed by atoms with Crippen molar-refractivity contribution in [1.29, 1.82) is 0 Å². The summed E-state index contributed by atoms with van der Waals surface area (Å²) in [5, 5.41) is 21.5. The molecule has 0 amide bonds. The molecule has 0 aliphatic rings. The van der Waals surface area contributed by atoms with Crippen molar-refractivity contribution in [1.82, 2.24) is 4.98 Å². The van der Waals surface area contributed by atoms with E-state index in [4.69, 9.17) is 9.47 Å². The predicted molar refractivity (Wildman–Crippen MR) is 70.6 cm³/mol. The van der Waals surface area contributed by atoms with Gasteiger partial charge in [0.25, 0.3) is 5.69 Å². The molecule has 9 nitrogen and oxygen atoms in total. The highest BCUT2D eigenvalue weighted by Crippen LogP contribution is 2.33. The SMILES string of the molecule is COc1ccc(Oc2ccc([N+](=O)[O-])cn2)c([N+](=O)[O-])c1. The van der Waals surface area contributed by atoms with Crippen molar-refractivity contribution < 1.29 is 19.3 Å². The first-order chi connectivity index (χ1) is 10.0. The van der Waals surface area contributed by atoms with Gasteiger partial charge in [0.1, 0.15) is 11.9 Å². The van der Waals surface area contributed by atoms with Crippen molar-refractivity contribution in [2.45, 2.75) is 0 Å². The molecule has 0 aliphatic heterocycles. The van der Waals surface area contributed by atoms with Gasteiger partial charge in [-0.15, -0.1) is 0 Å². The summed E-state index contributed by atoms with van der Waals surface area (Å²) >= 11 is 0. The van der Waals surface area contributed by atoms with Crippen LogP contribution in [0.5, 0.6) is 17.4 Å². The Hall–Kier alpha value is -3.23. The minimum Gasteiger partial charge on any atom is -0.496 e. The zero-order valence-corrected chi connectivity index (χ0v) is 10.8. The molecule has 0 saturated carbocycles. The van der Waals surface area contributed by atoms with E-state index < -0.39 is 9.85 Å². The molecule has 2 rings (SSSR count). The van der Waals surface area contributed by atoms with Crippen LogP contribution in [0.1, 0.15) is 0 Å².